The molecule has 2 atom stereocenters. The number of rotatable bonds is 3. The second-order valence-electron chi connectivity index (χ2n) is 8.07. The molecule has 1 saturated heterocycles. The second kappa shape index (κ2) is 7.87. The van der Waals surface area contributed by atoms with Crippen molar-refractivity contribution in [3.8, 4) is 5.75 Å². The third-order valence-corrected chi connectivity index (χ3v) is 4.67. The highest BCUT2D eigenvalue weighted by Gasteiger charge is 2.34. The Bertz CT molecular complexity index is 752. The SMILES string of the molecule is COC(=O)c1cc2c(cc1NC(=O)OC(C)(C)C)OCC(C)N2C1CCOC1. The number of hydrogen-bond acceptors (Lipinski definition) is 7. The fourth-order valence-corrected chi connectivity index (χ4v) is 3.51. The van der Waals surface area contributed by atoms with E-state index in [0.717, 1.165) is 12.1 Å². The number of carbonyl (C=O) groups is 2. The number of amides is 1. The highest BCUT2D eigenvalue weighted by Crippen LogP contribution is 2.40. The number of carbonyl (C=O) groups excluding carboxylic acids is 2. The zero-order chi connectivity index (χ0) is 20.5. The van der Waals surface area contributed by atoms with Gasteiger partial charge in [0, 0.05) is 12.7 Å². The van der Waals surface area contributed by atoms with Gasteiger partial charge in [-0.2, -0.15) is 0 Å². The number of benzene rings is 1. The van der Waals surface area contributed by atoms with Gasteiger partial charge in [-0.1, -0.05) is 0 Å². The molecule has 2 unspecified atom stereocenters. The maximum Gasteiger partial charge on any atom is 0.412 e. The third-order valence-electron chi connectivity index (χ3n) is 4.67. The first kappa shape index (κ1) is 20.3. The molecule has 28 heavy (non-hydrogen) atoms. The van der Waals surface area contributed by atoms with Crippen molar-refractivity contribution in [2.45, 2.75) is 51.8 Å². The van der Waals surface area contributed by atoms with Crippen LogP contribution in [0.3, 0.4) is 0 Å². The van der Waals surface area contributed by atoms with Gasteiger partial charge in [-0.15, -0.1) is 0 Å². The van der Waals surface area contributed by atoms with Gasteiger partial charge in [0.15, 0.2) is 0 Å². The minimum Gasteiger partial charge on any atom is -0.489 e. The number of fused-ring (bicyclic) bond motifs is 1. The van der Waals surface area contributed by atoms with E-state index in [1.165, 1.54) is 7.11 Å². The zero-order valence-electron chi connectivity index (χ0n) is 17.0. The van der Waals surface area contributed by atoms with E-state index in [4.69, 9.17) is 18.9 Å². The van der Waals surface area contributed by atoms with Crippen molar-refractivity contribution < 1.29 is 28.5 Å². The standard InChI is InChI=1S/C20H28N2O6/c1-12-10-27-17-9-15(21-19(24)28-20(2,3)4)14(18(23)25-5)8-16(17)22(12)13-6-7-26-11-13/h8-9,12-13H,6-7,10-11H2,1-5H3,(H,21,24). The average molecular weight is 392 g/mol. The number of methoxy groups -OCH3 is 1. The van der Waals surface area contributed by atoms with Gasteiger partial charge in [0.1, 0.15) is 18.0 Å². The lowest BCUT2D eigenvalue weighted by atomic mass is 10.0. The van der Waals surface area contributed by atoms with Crippen molar-refractivity contribution in [2.24, 2.45) is 0 Å². The molecule has 2 aliphatic rings. The van der Waals surface area contributed by atoms with Gasteiger partial charge in [-0.05, 0) is 40.2 Å². The number of nitrogens with zero attached hydrogens (tertiary/aromatic N) is 1. The van der Waals surface area contributed by atoms with E-state index >= 15 is 0 Å². The summed E-state index contributed by atoms with van der Waals surface area (Å²) in [5.74, 6) is 0.0541. The van der Waals surface area contributed by atoms with Crippen molar-refractivity contribution in [3.05, 3.63) is 17.7 Å². The second-order valence-corrected chi connectivity index (χ2v) is 8.07. The van der Waals surface area contributed by atoms with Crippen molar-refractivity contribution in [1.82, 2.24) is 0 Å². The molecule has 0 saturated carbocycles. The van der Waals surface area contributed by atoms with Gasteiger partial charge in [0.25, 0.3) is 0 Å². The van der Waals surface area contributed by atoms with Gasteiger partial charge in [0.2, 0.25) is 0 Å². The van der Waals surface area contributed by atoms with Gasteiger partial charge < -0.3 is 23.8 Å². The molecule has 8 heteroatoms. The van der Waals surface area contributed by atoms with E-state index in [9.17, 15) is 9.59 Å². The third kappa shape index (κ3) is 4.32. The molecule has 1 aromatic carbocycles. The zero-order valence-corrected chi connectivity index (χ0v) is 17.0. The van der Waals surface area contributed by atoms with Crippen LogP contribution < -0.4 is 15.0 Å². The average Bonchev–Trinajstić information content (AvgIpc) is 3.13. The molecule has 3 rings (SSSR count). The van der Waals surface area contributed by atoms with Crippen LogP contribution in [0.1, 0.15) is 44.5 Å². The van der Waals surface area contributed by atoms with E-state index in [0.29, 0.717) is 25.6 Å². The van der Waals surface area contributed by atoms with Crippen molar-refractivity contribution in [2.75, 3.05) is 37.1 Å². The summed E-state index contributed by atoms with van der Waals surface area (Å²) >= 11 is 0. The number of esters is 1. The van der Waals surface area contributed by atoms with Crippen LogP contribution in [0, 0.1) is 0 Å². The number of hydrogen-bond donors (Lipinski definition) is 1. The number of ether oxygens (including phenoxy) is 4. The first-order valence-corrected chi connectivity index (χ1v) is 9.45. The molecule has 2 heterocycles. The minimum absolute atomic E-state index is 0.134. The topological polar surface area (TPSA) is 86.3 Å². The van der Waals surface area contributed by atoms with Gasteiger partial charge >= 0.3 is 12.1 Å². The van der Waals surface area contributed by atoms with Crippen LogP contribution in [0.2, 0.25) is 0 Å². The summed E-state index contributed by atoms with van der Waals surface area (Å²) in [6, 6.07) is 3.71. The predicted octanol–water partition coefficient (Wildman–Crippen LogP) is 3.20. The Balaban J connectivity index is 1.98. The van der Waals surface area contributed by atoms with E-state index in [1.807, 2.05) is 0 Å². The van der Waals surface area contributed by atoms with Crippen LogP contribution in [-0.2, 0) is 14.2 Å². The van der Waals surface area contributed by atoms with E-state index in [-0.39, 0.29) is 23.3 Å². The Morgan fingerprint density at radius 2 is 2.00 bits per heavy atom. The molecule has 0 bridgehead atoms. The molecular weight excluding hydrogens is 364 g/mol. The Morgan fingerprint density at radius 3 is 2.61 bits per heavy atom. The predicted molar refractivity (Wildman–Crippen MR) is 104 cm³/mol. The van der Waals surface area contributed by atoms with Gasteiger partial charge in [-0.25, -0.2) is 9.59 Å². The van der Waals surface area contributed by atoms with E-state index in [2.05, 4.69) is 17.1 Å². The van der Waals surface area contributed by atoms with Crippen LogP contribution in [0.25, 0.3) is 0 Å². The van der Waals surface area contributed by atoms with Crippen LogP contribution in [-0.4, -0.2) is 56.7 Å². The lowest BCUT2D eigenvalue weighted by Gasteiger charge is -2.40. The Hall–Kier alpha value is -2.48. The normalized spacial score (nSPS) is 21.5. The summed E-state index contributed by atoms with van der Waals surface area (Å²) in [4.78, 5) is 26.9. The molecule has 0 aliphatic carbocycles. The van der Waals surface area contributed by atoms with Crippen molar-refractivity contribution in [1.29, 1.82) is 0 Å². The fraction of sp³-hybridized carbons (Fsp3) is 0.600. The summed E-state index contributed by atoms with van der Waals surface area (Å²) in [5.41, 5.74) is 0.671. The minimum atomic E-state index is -0.658. The molecule has 0 aromatic heterocycles. The summed E-state index contributed by atoms with van der Waals surface area (Å²) < 4.78 is 21.7. The fourth-order valence-electron chi connectivity index (χ4n) is 3.51. The highest BCUT2D eigenvalue weighted by atomic mass is 16.6. The van der Waals surface area contributed by atoms with Gasteiger partial charge in [0.05, 0.1) is 42.7 Å². The lowest BCUT2D eigenvalue weighted by molar-refractivity contribution is 0.0601. The molecule has 1 aromatic rings. The first-order chi connectivity index (χ1) is 13.2. The summed E-state index contributed by atoms with van der Waals surface area (Å²) in [6.07, 6.45) is 0.262. The smallest absolute Gasteiger partial charge is 0.412 e. The molecule has 0 spiro atoms. The maximum atomic E-state index is 12.4. The maximum absolute atomic E-state index is 12.4. The van der Waals surface area contributed by atoms with E-state index < -0.39 is 17.7 Å². The quantitative estimate of drug-likeness (QED) is 0.791. The van der Waals surface area contributed by atoms with Crippen LogP contribution >= 0.6 is 0 Å². The van der Waals surface area contributed by atoms with Crippen LogP contribution in [0.5, 0.6) is 5.75 Å². The van der Waals surface area contributed by atoms with Crippen LogP contribution in [0.4, 0.5) is 16.2 Å². The Kier molecular flexibility index (Phi) is 5.69. The largest absolute Gasteiger partial charge is 0.489 e. The van der Waals surface area contributed by atoms with Crippen LogP contribution in [0.15, 0.2) is 12.1 Å². The summed E-state index contributed by atoms with van der Waals surface area (Å²) in [6.45, 7) is 9.24. The molecule has 0 radical (unpaired) electrons. The Morgan fingerprint density at radius 1 is 1.25 bits per heavy atom. The molecular formula is C20H28N2O6. The number of nitrogens with one attached hydrogen (secondary N) is 1. The van der Waals surface area contributed by atoms with Crippen molar-refractivity contribution >= 4 is 23.4 Å². The molecule has 1 N–H and O–H groups in total. The monoisotopic (exact) mass is 392 g/mol. The molecule has 8 nitrogen and oxygen atoms in total. The van der Waals surface area contributed by atoms with Crippen molar-refractivity contribution in [3.63, 3.8) is 0 Å². The first-order valence-electron chi connectivity index (χ1n) is 9.45. The highest BCUT2D eigenvalue weighted by molar-refractivity contribution is 6.01. The Labute approximate surface area is 165 Å². The van der Waals surface area contributed by atoms with Gasteiger partial charge in [-0.3, -0.25) is 5.32 Å². The molecule has 154 valence electrons. The summed E-state index contributed by atoms with van der Waals surface area (Å²) in [7, 11) is 1.31. The summed E-state index contributed by atoms with van der Waals surface area (Å²) in [5, 5.41) is 2.64. The van der Waals surface area contributed by atoms with E-state index in [1.54, 1.807) is 32.9 Å². The number of anilines is 2. The molecule has 1 amide bonds. The lowest BCUT2D eigenvalue weighted by Crippen LogP contribution is -2.48. The molecule has 2 aliphatic heterocycles. The molecule has 1 fully saturated rings.